The lowest BCUT2D eigenvalue weighted by Gasteiger charge is -2.16. The molecule has 0 fully saturated rings. The molecule has 0 amide bonds. The zero-order valence-corrected chi connectivity index (χ0v) is 10.8. The Bertz CT molecular complexity index is 420. The van der Waals surface area contributed by atoms with E-state index in [-0.39, 0.29) is 12.6 Å². The van der Waals surface area contributed by atoms with Crippen molar-refractivity contribution in [3.63, 3.8) is 0 Å². The highest BCUT2D eigenvalue weighted by molar-refractivity contribution is 7.87. The van der Waals surface area contributed by atoms with Crippen LogP contribution in [0.25, 0.3) is 0 Å². The molecule has 1 aromatic rings. The molecule has 0 aliphatic heterocycles. The summed E-state index contributed by atoms with van der Waals surface area (Å²) in [5.41, 5.74) is 0.939. The molecule has 1 rings (SSSR count). The minimum absolute atomic E-state index is 0.204. The molecule has 0 heterocycles. The summed E-state index contributed by atoms with van der Waals surface area (Å²) in [7, 11) is -1.87. The van der Waals surface area contributed by atoms with Crippen LogP contribution < -0.4 is 9.44 Å². The number of hydrogen-bond acceptors (Lipinski definition) is 3. The van der Waals surface area contributed by atoms with E-state index in [2.05, 4.69) is 9.44 Å². The van der Waals surface area contributed by atoms with Crippen LogP contribution in [0.1, 0.15) is 18.6 Å². The van der Waals surface area contributed by atoms with Crippen molar-refractivity contribution in [2.75, 3.05) is 20.2 Å². The summed E-state index contributed by atoms with van der Waals surface area (Å²) in [4.78, 5) is 0. The van der Waals surface area contributed by atoms with E-state index in [0.29, 0.717) is 6.54 Å². The largest absolute Gasteiger partial charge is 0.375 e. The standard InChI is InChI=1S/C11H18N2O3S/c1-3-12-17(14,15)13-9-11(16-2)10-7-5-4-6-8-10/h4-8,11-13H,3,9H2,1-2H3/t11-/m0/s1. The average Bonchev–Trinajstić information content (AvgIpc) is 2.31. The first-order chi connectivity index (χ1) is 8.09. The van der Waals surface area contributed by atoms with Crippen molar-refractivity contribution in [2.45, 2.75) is 13.0 Å². The molecule has 0 aliphatic carbocycles. The number of ether oxygens (including phenoxy) is 1. The second kappa shape index (κ2) is 6.70. The molecule has 2 N–H and O–H groups in total. The summed E-state index contributed by atoms with van der Waals surface area (Å²) in [6.07, 6.45) is -0.287. The minimum Gasteiger partial charge on any atom is -0.375 e. The van der Waals surface area contributed by atoms with Gasteiger partial charge in [-0.25, -0.2) is 4.72 Å². The Balaban J connectivity index is 2.60. The molecule has 0 unspecified atom stereocenters. The van der Waals surface area contributed by atoms with Crippen LogP contribution in [0.5, 0.6) is 0 Å². The van der Waals surface area contributed by atoms with E-state index in [0.717, 1.165) is 5.56 Å². The number of nitrogens with one attached hydrogen (secondary N) is 2. The normalized spacial score (nSPS) is 13.5. The molecule has 17 heavy (non-hydrogen) atoms. The molecule has 0 aromatic heterocycles. The molecule has 5 nitrogen and oxygen atoms in total. The Hall–Kier alpha value is -0.950. The van der Waals surface area contributed by atoms with Gasteiger partial charge in [0.1, 0.15) is 0 Å². The summed E-state index contributed by atoms with van der Waals surface area (Å²) < 4.78 is 32.9. The maximum absolute atomic E-state index is 11.4. The minimum atomic E-state index is -3.42. The second-order valence-electron chi connectivity index (χ2n) is 3.48. The van der Waals surface area contributed by atoms with Crippen molar-refractivity contribution in [1.29, 1.82) is 0 Å². The molecule has 1 aromatic carbocycles. The Labute approximate surface area is 102 Å². The summed E-state index contributed by atoms with van der Waals surface area (Å²) in [5.74, 6) is 0. The van der Waals surface area contributed by atoms with Gasteiger partial charge in [-0.05, 0) is 5.56 Å². The van der Waals surface area contributed by atoms with Crippen LogP contribution in [-0.2, 0) is 14.9 Å². The monoisotopic (exact) mass is 258 g/mol. The molecule has 0 saturated heterocycles. The number of methoxy groups -OCH3 is 1. The van der Waals surface area contributed by atoms with E-state index in [9.17, 15) is 8.42 Å². The van der Waals surface area contributed by atoms with Gasteiger partial charge in [-0.1, -0.05) is 37.3 Å². The van der Waals surface area contributed by atoms with Gasteiger partial charge in [-0.15, -0.1) is 0 Å². The van der Waals surface area contributed by atoms with Crippen molar-refractivity contribution in [3.05, 3.63) is 35.9 Å². The number of hydrogen-bond donors (Lipinski definition) is 2. The van der Waals surface area contributed by atoms with E-state index in [4.69, 9.17) is 4.74 Å². The SMILES string of the molecule is CCNS(=O)(=O)NC[C@H](OC)c1ccccc1. The predicted octanol–water partition coefficient (Wildman–Crippen LogP) is 0.818. The summed E-state index contributed by atoms with van der Waals surface area (Å²) in [5, 5.41) is 0. The average molecular weight is 258 g/mol. The van der Waals surface area contributed by atoms with Gasteiger partial charge >= 0.3 is 0 Å². The maximum atomic E-state index is 11.4. The molecule has 6 heteroatoms. The highest BCUT2D eigenvalue weighted by atomic mass is 32.2. The number of rotatable bonds is 7. The third-order valence-corrected chi connectivity index (χ3v) is 3.46. The molecule has 0 bridgehead atoms. The van der Waals surface area contributed by atoms with Crippen LogP contribution in [0.3, 0.4) is 0 Å². The molecule has 1 atom stereocenters. The van der Waals surface area contributed by atoms with Gasteiger partial charge in [0.15, 0.2) is 0 Å². The van der Waals surface area contributed by atoms with Gasteiger partial charge in [0.2, 0.25) is 0 Å². The Morgan fingerprint density at radius 3 is 2.41 bits per heavy atom. The first-order valence-corrected chi connectivity index (χ1v) is 6.89. The number of benzene rings is 1. The van der Waals surface area contributed by atoms with E-state index in [1.807, 2.05) is 30.3 Å². The second-order valence-corrected chi connectivity index (χ2v) is 5.07. The van der Waals surface area contributed by atoms with Crippen LogP contribution in [0.2, 0.25) is 0 Å². The van der Waals surface area contributed by atoms with Gasteiger partial charge < -0.3 is 4.74 Å². The lowest BCUT2D eigenvalue weighted by molar-refractivity contribution is 0.107. The zero-order chi connectivity index (χ0) is 12.7. The highest BCUT2D eigenvalue weighted by Crippen LogP contribution is 2.14. The Morgan fingerprint density at radius 1 is 1.24 bits per heavy atom. The predicted molar refractivity (Wildman–Crippen MR) is 66.8 cm³/mol. The Kier molecular flexibility index (Phi) is 5.57. The summed E-state index contributed by atoms with van der Waals surface area (Å²) >= 11 is 0. The molecule has 0 radical (unpaired) electrons. The van der Waals surface area contributed by atoms with Crippen LogP contribution >= 0.6 is 0 Å². The van der Waals surface area contributed by atoms with Crippen molar-refractivity contribution in [3.8, 4) is 0 Å². The van der Waals surface area contributed by atoms with Crippen molar-refractivity contribution in [1.82, 2.24) is 9.44 Å². The Morgan fingerprint density at radius 2 is 1.88 bits per heavy atom. The summed E-state index contributed by atoms with van der Waals surface area (Å²) in [6, 6.07) is 9.48. The molecular formula is C11H18N2O3S. The topological polar surface area (TPSA) is 67.4 Å². The lowest BCUT2D eigenvalue weighted by atomic mass is 10.1. The molecule has 0 saturated carbocycles. The fraction of sp³-hybridized carbons (Fsp3) is 0.455. The third kappa shape index (κ3) is 4.82. The van der Waals surface area contributed by atoms with Crippen LogP contribution in [0, 0.1) is 0 Å². The fourth-order valence-electron chi connectivity index (χ4n) is 1.43. The van der Waals surface area contributed by atoms with E-state index >= 15 is 0 Å². The van der Waals surface area contributed by atoms with E-state index in [1.165, 1.54) is 0 Å². The van der Waals surface area contributed by atoms with Crippen LogP contribution in [0.4, 0.5) is 0 Å². The first-order valence-electron chi connectivity index (χ1n) is 5.41. The van der Waals surface area contributed by atoms with Gasteiger partial charge in [-0.2, -0.15) is 13.1 Å². The van der Waals surface area contributed by atoms with Crippen molar-refractivity contribution < 1.29 is 13.2 Å². The summed E-state index contributed by atoms with van der Waals surface area (Å²) in [6.45, 7) is 2.29. The molecule has 96 valence electrons. The molecule has 0 spiro atoms. The maximum Gasteiger partial charge on any atom is 0.276 e. The van der Waals surface area contributed by atoms with Crippen LogP contribution in [0.15, 0.2) is 30.3 Å². The van der Waals surface area contributed by atoms with Gasteiger partial charge in [-0.3, -0.25) is 0 Å². The van der Waals surface area contributed by atoms with E-state index in [1.54, 1.807) is 14.0 Å². The smallest absolute Gasteiger partial charge is 0.276 e. The highest BCUT2D eigenvalue weighted by Gasteiger charge is 2.14. The van der Waals surface area contributed by atoms with Gasteiger partial charge in [0.05, 0.1) is 6.10 Å². The van der Waals surface area contributed by atoms with Gasteiger partial charge in [0, 0.05) is 20.2 Å². The quantitative estimate of drug-likeness (QED) is 0.761. The zero-order valence-electron chi connectivity index (χ0n) is 10.0. The lowest BCUT2D eigenvalue weighted by Crippen LogP contribution is -2.38. The molecule has 0 aliphatic rings. The first kappa shape index (κ1) is 14.1. The molecular weight excluding hydrogens is 240 g/mol. The fourth-order valence-corrected chi connectivity index (χ4v) is 2.28. The van der Waals surface area contributed by atoms with Gasteiger partial charge in [0.25, 0.3) is 10.2 Å². The third-order valence-electron chi connectivity index (χ3n) is 2.25. The van der Waals surface area contributed by atoms with Crippen molar-refractivity contribution in [2.24, 2.45) is 0 Å². The van der Waals surface area contributed by atoms with Crippen LogP contribution in [-0.4, -0.2) is 28.6 Å². The van der Waals surface area contributed by atoms with Crippen molar-refractivity contribution >= 4 is 10.2 Å². The van der Waals surface area contributed by atoms with E-state index < -0.39 is 10.2 Å².